The quantitative estimate of drug-likeness (QED) is 0.599. The summed E-state index contributed by atoms with van der Waals surface area (Å²) < 4.78 is 2.17. The van der Waals surface area contributed by atoms with Gasteiger partial charge in [-0.05, 0) is 31.0 Å². The van der Waals surface area contributed by atoms with Crippen LogP contribution in [-0.4, -0.2) is 70.1 Å². The fourth-order valence-electron chi connectivity index (χ4n) is 5.25. The van der Waals surface area contributed by atoms with Gasteiger partial charge in [-0.15, -0.1) is 0 Å². The number of rotatable bonds is 6. The third-order valence-electron chi connectivity index (χ3n) is 6.96. The molecule has 9 nitrogen and oxygen atoms in total. The van der Waals surface area contributed by atoms with Crippen LogP contribution in [0.15, 0.2) is 30.6 Å². The molecule has 0 aromatic carbocycles. The van der Waals surface area contributed by atoms with Crippen LogP contribution in [0, 0.1) is 0 Å². The van der Waals surface area contributed by atoms with Crippen LogP contribution in [0.2, 0.25) is 0 Å². The Bertz CT molecular complexity index is 1150. The van der Waals surface area contributed by atoms with Crippen LogP contribution >= 0.6 is 0 Å². The van der Waals surface area contributed by atoms with Crippen LogP contribution in [0.4, 0.5) is 17.5 Å². The molecule has 1 saturated heterocycles. The third-order valence-corrected chi connectivity index (χ3v) is 6.96. The molecule has 0 radical (unpaired) electrons. The van der Waals surface area contributed by atoms with Crippen molar-refractivity contribution in [3.05, 3.63) is 36.3 Å². The average molecular weight is 449 g/mol. The number of piperazine rings is 1. The Kier molecular flexibility index (Phi) is 5.65. The smallest absolute Gasteiger partial charge is 0.270 e. The summed E-state index contributed by atoms with van der Waals surface area (Å²) in [4.78, 5) is 31.1. The van der Waals surface area contributed by atoms with E-state index in [1.807, 2.05) is 30.3 Å². The van der Waals surface area contributed by atoms with Gasteiger partial charge in [0.15, 0.2) is 0 Å². The van der Waals surface area contributed by atoms with E-state index < -0.39 is 0 Å². The fraction of sp³-hybridized carbons (Fsp3) is 0.500. The molecule has 0 bridgehead atoms. The minimum absolute atomic E-state index is 0.0351. The normalized spacial score (nSPS) is 20.9. The lowest BCUT2D eigenvalue weighted by Gasteiger charge is -2.43. The van der Waals surface area contributed by atoms with Gasteiger partial charge in [0, 0.05) is 51.4 Å². The number of likely N-dealkylation sites (N-methyl/N-ethyl adjacent to an activating group) is 1. The molecule has 2 N–H and O–H groups in total. The lowest BCUT2D eigenvalue weighted by atomic mass is 9.87. The molecule has 1 unspecified atom stereocenters. The van der Waals surface area contributed by atoms with Crippen molar-refractivity contribution in [3.8, 4) is 0 Å². The molecule has 1 fully saturated rings. The topological polar surface area (TPSA) is 91.2 Å². The second-order valence-electron chi connectivity index (χ2n) is 9.09. The van der Waals surface area contributed by atoms with Crippen LogP contribution < -0.4 is 15.5 Å². The highest BCUT2D eigenvalue weighted by atomic mass is 16.2. The number of pyridine rings is 1. The molecule has 1 atom stereocenters. The van der Waals surface area contributed by atoms with Crippen LogP contribution in [0.1, 0.15) is 43.6 Å². The van der Waals surface area contributed by atoms with Gasteiger partial charge in [-0.2, -0.15) is 4.98 Å². The van der Waals surface area contributed by atoms with Crippen LogP contribution in [0.25, 0.3) is 11.0 Å². The Balaban J connectivity index is 1.47. The largest absolute Gasteiger partial charge is 0.368 e. The zero-order valence-electron chi connectivity index (χ0n) is 19.6. The number of nitrogens with zero attached hydrogens (tertiary/aromatic N) is 6. The number of nitrogens with one attached hydrogen (secondary N) is 2. The summed E-state index contributed by atoms with van der Waals surface area (Å²) in [7, 11) is 1.89. The van der Waals surface area contributed by atoms with Crippen LogP contribution in [0.3, 0.4) is 0 Å². The van der Waals surface area contributed by atoms with Gasteiger partial charge < -0.3 is 25.0 Å². The molecule has 33 heavy (non-hydrogen) atoms. The number of anilines is 3. The molecule has 5 rings (SSSR count). The van der Waals surface area contributed by atoms with Crippen molar-refractivity contribution in [3.63, 3.8) is 0 Å². The monoisotopic (exact) mass is 448 g/mol. The number of aromatic nitrogens is 4. The van der Waals surface area contributed by atoms with Gasteiger partial charge in [-0.25, -0.2) is 9.97 Å². The number of amides is 1. The molecule has 0 spiro atoms. The molecule has 1 amide bonds. The summed E-state index contributed by atoms with van der Waals surface area (Å²) in [6, 6.07) is 5.97. The zero-order chi connectivity index (χ0) is 23.0. The van der Waals surface area contributed by atoms with Crippen molar-refractivity contribution in [2.24, 2.45) is 0 Å². The Labute approximate surface area is 194 Å². The van der Waals surface area contributed by atoms with Gasteiger partial charge in [0.05, 0.1) is 17.4 Å². The molecule has 2 aliphatic heterocycles. The van der Waals surface area contributed by atoms with Gasteiger partial charge in [-0.1, -0.05) is 20.3 Å². The van der Waals surface area contributed by atoms with Crippen molar-refractivity contribution in [2.45, 2.75) is 38.6 Å². The Hall–Kier alpha value is -3.20. The van der Waals surface area contributed by atoms with Gasteiger partial charge >= 0.3 is 0 Å². The first-order valence-electron chi connectivity index (χ1n) is 11.9. The molecular weight excluding hydrogens is 416 g/mol. The summed E-state index contributed by atoms with van der Waals surface area (Å²) in [5.74, 6) is 1.22. The summed E-state index contributed by atoms with van der Waals surface area (Å²) in [6.45, 7) is 9.03. The minimum atomic E-state index is -0.163. The van der Waals surface area contributed by atoms with E-state index in [9.17, 15) is 4.79 Å². The van der Waals surface area contributed by atoms with Gasteiger partial charge in [0.2, 0.25) is 5.95 Å². The Morgan fingerprint density at radius 1 is 1.15 bits per heavy atom. The number of carbonyl (C=O) groups excluding carboxylic acids is 1. The number of hydrogen-bond donors (Lipinski definition) is 2. The number of carbonyl (C=O) groups is 1. The van der Waals surface area contributed by atoms with Gasteiger partial charge in [0.25, 0.3) is 5.91 Å². The third kappa shape index (κ3) is 3.80. The molecule has 9 heteroatoms. The maximum Gasteiger partial charge on any atom is 0.270 e. The zero-order valence-corrected chi connectivity index (χ0v) is 19.6. The Morgan fingerprint density at radius 3 is 2.67 bits per heavy atom. The van der Waals surface area contributed by atoms with Gasteiger partial charge in [0.1, 0.15) is 17.2 Å². The maximum atomic E-state index is 13.0. The summed E-state index contributed by atoms with van der Waals surface area (Å²) in [5.41, 5.74) is 2.45. The Morgan fingerprint density at radius 2 is 1.97 bits per heavy atom. The molecule has 5 heterocycles. The van der Waals surface area contributed by atoms with Crippen molar-refractivity contribution in [2.75, 3.05) is 50.0 Å². The minimum Gasteiger partial charge on any atom is -0.368 e. The highest BCUT2D eigenvalue weighted by Gasteiger charge is 2.41. The van der Waals surface area contributed by atoms with Crippen molar-refractivity contribution >= 4 is 34.4 Å². The second-order valence-corrected chi connectivity index (χ2v) is 9.09. The van der Waals surface area contributed by atoms with E-state index in [0.717, 1.165) is 62.2 Å². The highest BCUT2D eigenvalue weighted by molar-refractivity contribution is 5.99. The first-order valence-corrected chi connectivity index (χ1v) is 11.9. The molecule has 3 aromatic heterocycles. The molecule has 2 aliphatic rings. The summed E-state index contributed by atoms with van der Waals surface area (Å²) in [6.07, 6.45) is 6.64. The lowest BCUT2D eigenvalue weighted by Crippen LogP contribution is -2.51. The molecular formula is C24H32N8O. The summed E-state index contributed by atoms with van der Waals surface area (Å²) >= 11 is 0. The van der Waals surface area contributed by atoms with Crippen LogP contribution in [0.5, 0.6) is 0 Å². The second kappa shape index (κ2) is 8.62. The van der Waals surface area contributed by atoms with Gasteiger partial charge in [-0.3, -0.25) is 4.79 Å². The first-order chi connectivity index (χ1) is 16.0. The van der Waals surface area contributed by atoms with E-state index in [0.29, 0.717) is 24.0 Å². The molecule has 174 valence electrons. The van der Waals surface area contributed by atoms with Crippen LogP contribution in [-0.2, 0) is 5.54 Å². The van der Waals surface area contributed by atoms with E-state index in [1.54, 1.807) is 6.20 Å². The predicted molar refractivity (Wildman–Crippen MR) is 130 cm³/mol. The van der Waals surface area contributed by atoms with E-state index in [4.69, 9.17) is 4.98 Å². The highest BCUT2D eigenvalue weighted by Crippen LogP contribution is 2.38. The van der Waals surface area contributed by atoms with E-state index in [2.05, 4.69) is 50.0 Å². The molecule has 3 aromatic rings. The van der Waals surface area contributed by atoms with Crippen molar-refractivity contribution < 1.29 is 4.79 Å². The molecule has 0 aliphatic carbocycles. The maximum absolute atomic E-state index is 13.0. The number of fused-ring (bicyclic) bond motifs is 3. The van der Waals surface area contributed by atoms with Crippen molar-refractivity contribution in [1.29, 1.82) is 0 Å². The SMILES string of the molecule is CCCC1(CC)CN(C)C(=O)c2cc3cnc(Nc4ccc(N5CCNCC5)cn4)nc3n21. The van der Waals surface area contributed by atoms with E-state index in [1.165, 1.54) is 0 Å². The average Bonchev–Trinajstić information content (AvgIpc) is 3.23. The molecule has 0 saturated carbocycles. The fourth-order valence-corrected chi connectivity index (χ4v) is 5.25. The standard InChI is InChI=1S/C24H32N8O/c1-4-8-24(5-2)16-30(3)22(33)19-13-17-14-27-23(29-21(17)32(19)24)28-20-7-6-18(15-26-20)31-11-9-25-10-12-31/h6-7,13-15,25H,4-5,8-12,16H2,1-3H3,(H,26,27,28,29). The van der Waals surface area contributed by atoms with E-state index >= 15 is 0 Å². The first kappa shape index (κ1) is 21.6. The lowest BCUT2D eigenvalue weighted by molar-refractivity contribution is 0.0594. The number of hydrogen-bond acceptors (Lipinski definition) is 7. The summed E-state index contributed by atoms with van der Waals surface area (Å²) in [5, 5.41) is 7.50. The predicted octanol–water partition coefficient (Wildman–Crippen LogP) is 2.97. The van der Waals surface area contributed by atoms with Crippen molar-refractivity contribution in [1.82, 2.24) is 29.7 Å². The van der Waals surface area contributed by atoms with E-state index in [-0.39, 0.29) is 11.4 Å².